The summed E-state index contributed by atoms with van der Waals surface area (Å²) >= 11 is 0. The first-order chi connectivity index (χ1) is 6.16. The van der Waals surface area contributed by atoms with Crippen LogP contribution in [0, 0.1) is 11.3 Å². The molecule has 0 heterocycles. The Balaban J connectivity index is 2.41. The van der Waals surface area contributed by atoms with Crippen LogP contribution in [0.4, 0.5) is 0 Å². The van der Waals surface area contributed by atoms with Crippen molar-refractivity contribution in [2.45, 2.75) is 52.5 Å². The van der Waals surface area contributed by atoms with Crippen molar-refractivity contribution in [3.8, 4) is 0 Å². The summed E-state index contributed by atoms with van der Waals surface area (Å²) < 4.78 is 0. The smallest absolute Gasteiger partial charge is 0.0986 e. The molecular weight excluding hydrogens is 160 g/mol. The number of nitrogens with zero attached hydrogens (tertiary/aromatic N) is 1. The Bertz CT molecular complexity index is 171. The van der Waals surface area contributed by atoms with E-state index in [1.165, 1.54) is 25.7 Å². The molecule has 1 fully saturated rings. The molecule has 0 amide bonds. The summed E-state index contributed by atoms with van der Waals surface area (Å²) in [6.45, 7) is 7.54. The van der Waals surface area contributed by atoms with Gasteiger partial charge in [0.05, 0.1) is 5.84 Å². The number of hydrogen-bond donors (Lipinski definition) is 1. The molecule has 1 aliphatic carbocycles. The van der Waals surface area contributed by atoms with Gasteiger partial charge in [-0.25, -0.2) is 0 Å². The number of unbranched alkanes of at least 4 members (excludes halogenated alkanes) is 1. The van der Waals surface area contributed by atoms with Crippen molar-refractivity contribution in [2.24, 2.45) is 5.92 Å². The minimum atomic E-state index is 0.387. The Labute approximate surface area is 81.8 Å². The topological polar surface area (TPSA) is 27.1 Å². The molecule has 1 aliphatic rings. The maximum atomic E-state index is 7.98. The minimum Gasteiger partial charge on any atom is -0.357 e. The van der Waals surface area contributed by atoms with Gasteiger partial charge in [0.25, 0.3) is 0 Å². The highest BCUT2D eigenvalue weighted by atomic mass is 15.2. The lowest BCUT2D eigenvalue weighted by molar-refractivity contribution is 0.378. The average Bonchev–Trinajstić information content (AvgIpc) is 2.88. The van der Waals surface area contributed by atoms with Crippen LogP contribution >= 0.6 is 0 Å². The van der Waals surface area contributed by atoms with Gasteiger partial charge in [-0.3, -0.25) is 5.41 Å². The molecule has 0 spiro atoms. The van der Waals surface area contributed by atoms with Gasteiger partial charge in [0.2, 0.25) is 0 Å². The lowest BCUT2D eigenvalue weighted by atomic mass is 10.1. The molecule has 1 saturated carbocycles. The van der Waals surface area contributed by atoms with E-state index in [0.717, 1.165) is 12.4 Å². The number of amidine groups is 1. The van der Waals surface area contributed by atoms with Gasteiger partial charge in [-0.05, 0) is 19.3 Å². The number of nitrogens with one attached hydrogen (secondary N) is 1. The third-order valence-electron chi connectivity index (χ3n) is 2.60. The SMILES string of the molecule is CCCCN(C(=N)C(C)C)C1CC1. The molecule has 0 radical (unpaired) electrons. The highest BCUT2D eigenvalue weighted by molar-refractivity contribution is 5.81. The van der Waals surface area contributed by atoms with Crippen molar-refractivity contribution in [3.63, 3.8) is 0 Å². The predicted molar refractivity (Wildman–Crippen MR) is 57.2 cm³/mol. The van der Waals surface area contributed by atoms with Crippen molar-refractivity contribution in [1.82, 2.24) is 4.90 Å². The van der Waals surface area contributed by atoms with E-state index in [1.54, 1.807) is 0 Å². The third-order valence-corrected chi connectivity index (χ3v) is 2.60. The second kappa shape index (κ2) is 4.64. The Kier molecular flexibility index (Phi) is 3.76. The summed E-state index contributed by atoms with van der Waals surface area (Å²) in [6.07, 6.45) is 5.07. The molecule has 2 heteroatoms. The Morgan fingerprint density at radius 3 is 2.46 bits per heavy atom. The molecular formula is C11H22N2. The maximum Gasteiger partial charge on any atom is 0.0986 e. The summed E-state index contributed by atoms with van der Waals surface area (Å²) in [4.78, 5) is 2.31. The molecule has 0 atom stereocenters. The Morgan fingerprint density at radius 1 is 1.46 bits per heavy atom. The molecule has 0 saturated heterocycles. The van der Waals surface area contributed by atoms with Gasteiger partial charge in [0, 0.05) is 18.5 Å². The van der Waals surface area contributed by atoms with Crippen LogP contribution in [0.5, 0.6) is 0 Å². The first-order valence-corrected chi connectivity index (χ1v) is 5.52. The fourth-order valence-electron chi connectivity index (χ4n) is 1.55. The zero-order chi connectivity index (χ0) is 9.84. The first kappa shape index (κ1) is 10.6. The molecule has 2 nitrogen and oxygen atoms in total. The van der Waals surface area contributed by atoms with Crippen molar-refractivity contribution in [1.29, 1.82) is 5.41 Å². The molecule has 1 rings (SSSR count). The lowest BCUT2D eigenvalue weighted by Gasteiger charge is -2.27. The zero-order valence-corrected chi connectivity index (χ0v) is 9.14. The van der Waals surface area contributed by atoms with Gasteiger partial charge in [-0.15, -0.1) is 0 Å². The van der Waals surface area contributed by atoms with Gasteiger partial charge in [0.15, 0.2) is 0 Å². The van der Waals surface area contributed by atoms with Crippen LogP contribution in [-0.2, 0) is 0 Å². The average molecular weight is 182 g/mol. The van der Waals surface area contributed by atoms with Crippen LogP contribution in [0.2, 0.25) is 0 Å². The predicted octanol–water partition coefficient (Wildman–Crippen LogP) is 2.88. The quantitative estimate of drug-likeness (QED) is 0.513. The Morgan fingerprint density at radius 2 is 2.08 bits per heavy atom. The van der Waals surface area contributed by atoms with Crippen molar-refractivity contribution < 1.29 is 0 Å². The van der Waals surface area contributed by atoms with Crippen LogP contribution in [0.1, 0.15) is 46.5 Å². The Hall–Kier alpha value is -0.530. The highest BCUT2D eigenvalue weighted by Crippen LogP contribution is 2.28. The van der Waals surface area contributed by atoms with E-state index in [-0.39, 0.29) is 0 Å². The summed E-state index contributed by atoms with van der Waals surface area (Å²) in [5, 5.41) is 7.98. The van der Waals surface area contributed by atoms with E-state index in [0.29, 0.717) is 12.0 Å². The van der Waals surface area contributed by atoms with Gasteiger partial charge in [-0.1, -0.05) is 27.2 Å². The molecule has 0 unspecified atom stereocenters. The monoisotopic (exact) mass is 182 g/mol. The highest BCUT2D eigenvalue weighted by Gasteiger charge is 2.30. The van der Waals surface area contributed by atoms with E-state index < -0.39 is 0 Å². The van der Waals surface area contributed by atoms with E-state index in [9.17, 15) is 0 Å². The van der Waals surface area contributed by atoms with Crippen LogP contribution in [0.3, 0.4) is 0 Å². The molecule has 0 aromatic rings. The second-order valence-corrected chi connectivity index (χ2v) is 4.32. The fraction of sp³-hybridized carbons (Fsp3) is 0.909. The van der Waals surface area contributed by atoms with Crippen molar-refractivity contribution in [3.05, 3.63) is 0 Å². The zero-order valence-electron chi connectivity index (χ0n) is 9.14. The number of hydrogen-bond acceptors (Lipinski definition) is 1. The van der Waals surface area contributed by atoms with E-state index in [4.69, 9.17) is 5.41 Å². The standard InChI is InChI=1S/C11H22N2/c1-4-5-8-13(10-6-7-10)11(12)9(2)3/h9-10,12H,4-8H2,1-3H3. The van der Waals surface area contributed by atoms with E-state index in [2.05, 4.69) is 25.7 Å². The van der Waals surface area contributed by atoms with E-state index in [1.807, 2.05) is 0 Å². The van der Waals surface area contributed by atoms with E-state index >= 15 is 0 Å². The molecule has 0 aliphatic heterocycles. The number of rotatable bonds is 5. The van der Waals surface area contributed by atoms with Crippen LogP contribution < -0.4 is 0 Å². The van der Waals surface area contributed by atoms with Gasteiger partial charge in [-0.2, -0.15) is 0 Å². The van der Waals surface area contributed by atoms with Gasteiger partial charge in [0.1, 0.15) is 0 Å². The lowest BCUT2D eigenvalue weighted by Crippen LogP contribution is -2.36. The fourth-order valence-corrected chi connectivity index (χ4v) is 1.55. The van der Waals surface area contributed by atoms with Crippen molar-refractivity contribution in [2.75, 3.05) is 6.54 Å². The summed E-state index contributed by atoms with van der Waals surface area (Å²) in [6, 6.07) is 0.710. The summed E-state index contributed by atoms with van der Waals surface area (Å²) in [5.41, 5.74) is 0. The second-order valence-electron chi connectivity index (χ2n) is 4.32. The molecule has 76 valence electrons. The van der Waals surface area contributed by atoms with Gasteiger partial charge < -0.3 is 4.90 Å². The largest absolute Gasteiger partial charge is 0.357 e. The summed E-state index contributed by atoms with van der Waals surface area (Å²) in [7, 11) is 0. The van der Waals surface area contributed by atoms with Crippen LogP contribution in [0.25, 0.3) is 0 Å². The molecule has 0 bridgehead atoms. The third kappa shape index (κ3) is 3.02. The first-order valence-electron chi connectivity index (χ1n) is 5.52. The van der Waals surface area contributed by atoms with Crippen LogP contribution in [0.15, 0.2) is 0 Å². The van der Waals surface area contributed by atoms with Crippen molar-refractivity contribution >= 4 is 5.84 Å². The molecule has 0 aromatic carbocycles. The van der Waals surface area contributed by atoms with Gasteiger partial charge >= 0.3 is 0 Å². The summed E-state index contributed by atoms with van der Waals surface area (Å²) in [5.74, 6) is 1.23. The normalized spacial score (nSPS) is 16.3. The molecule has 13 heavy (non-hydrogen) atoms. The minimum absolute atomic E-state index is 0.387. The maximum absolute atomic E-state index is 7.98. The van der Waals surface area contributed by atoms with Crippen LogP contribution in [-0.4, -0.2) is 23.3 Å². The molecule has 1 N–H and O–H groups in total. The molecule has 0 aromatic heterocycles.